The molecular formula is C13H15IN4. The summed E-state index contributed by atoms with van der Waals surface area (Å²) in [7, 11) is 0. The fraction of sp³-hybridized carbons (Fsp3) is 0.385. The molecule has 0 unspecified atom stereocenters. The molecule has 5 heteroatoms. The van der Waals surface area contributed by atoms with Crippen LogP contribution in [0.1, 0.15) is 24.1 Å². The third kappa shape index (κ3) is 2.72. The summed E-state index contributed by atoms with van der Waals surface area (Å²) >= 11 is 2.28. The standard InChI is InChI=1S/C13H15IN4/c1-9-4-13(18-8-11(14)7-17-18)10(5-15-9)6-16-12-2-3-12/h4-5,7-8,12,16H,2-3,6H2,1H3. The average Bonchev–Trinajstić information content (AvgIpc) is 3.09. The van der Waals surface area contributed by atoms with Crippen LogP contribution in [0.4, 0.5) is 0 Å². The number of hydrogen-bond donors (Lipinski definition) is 1. The summed E-state index contributed by atoms with van der Waals surface area (Å²) in [5.41, 5.74) is 3.34. The molecule has 0 amide bonds. The molecule has 1 saturated carbocycles. The first-order valence-corrected chi connectivity index (χ1v) is 7.20. The maximum absolute atomic E-state index is 4.39. The van der Waals surface area contributed by atoms with Gasteiger partial charge in [-0.2, -0.15) is 5.10 Å². The van der Waals surface area contributed by atoms with Crippen molar-refractivity contribution in [2.75, 3.05) is 0 Å². The van der Waals surface area contributed by atoms with Crippen LogP contribution in [0.5, 0.6) is 0 Å². The molecule has 0 spiro atoms. The van der Waals surface area contributed by atoms with Gasteiger partial charge in [0.05, 0.1) is 15.5 Å². The van der Waals surface area contributed by atoms with Gasteiger partial charge in [0.25, 0.3) is 0 Å². The van der Waals surface area contributed by atoms with Crippen LogP contribution in [0.2, 0.25) is 0 Å². The predicted molar refractivity (Wildman–Crippen MR) is 78.7 cm³/mol. The van der Waals surface area contributed by atoms with Crippen molar-refractivity contribution in [3.05, 3.63) is 39.5 Å². The van der Waals surface area contributed by atoms with E-state index >= 15 is 0 Å². The van der Waals surface area contributed by atoms with Crippen LogP contribution in [-0.4, -0.2) is 20.8 Å². The van der Waals surface area contributed by atoms with Gasteiger partial charge in [-0.1, -0.05) is 0 Å². The van der Waals surface area contributed by atoms with E-state index in [1.807, 2.05) is 30.2 Å². The molecule has 0 aliphatic heterocycles. The average molecular weight is 354 g/mol. The molecule has 0 bridgehead atoms. The van der Waals surface area contributed by atoms with E-state index in [2.05, 4.69) is 44.1 Å². The normalized spacial score (nSPS) is 15.0. The van der Waals surface area contributed by atoms with Gasteiger partial charge in [-0.05, 0) is 48.4 Å². The molecular weight excluding hydrogens is 339 g/mol. The monoisotopic (exact) mass is 354 g/mol. The summed E-state index contributed by atoms with van der Waals surface area (Å²) < 4.78 is 3.07. The molecule has 0 atom stereocenters. The van der Waals surface area contributed by atoms with Crippen molar-refractivity contribution < 1.29 is 0 Å². The van der Waals surface area contributed by atoms with Gasteiger partial charge >= 0.3 is 0 Å². The number of pyridine rings is 1. The van der Waals surface area contributed by atoms with E-state index in [-0.39, 0.29) is 0 Å². The zero-order valence-electron chi connectivity index (χ0n) is 10.2. The lowest BCUT2D eigenvalue weighted by molar-refractivity contribution is 0.678. The molecule has 3 rings (SSSR count). The summed E-state index contributed by atoms with van der Waals surface area (Å²) in [6, 6.07) is 2.80. The van der Waals surface area contributed by atoms with Crippen LogP contribution in [0.25, 0.3) is 5.69 Å². The van der Waals surface area contributed by atoms with Gasteiger partial charge in [-0.3, -0.25) is 4.98 Å². The summed E-state index contributed by atoms with van der Waals surface area (Å²) in [5.74, 6) is 0. The summed E-state index contributed by atoms with van der Waals surface area (Å²) in [6.07, 6.45) is 8.46. The minimum absolute atomic E-state index is 0.705. The highest BCUT2D eigenvalue weighted by atomic mass is 127. The van der Waals surface area contributed by atoms with E-state index in [9.17, 15) is 0 Å². The third-order valence-corrected chi connectivity index (χ3v) is 3.61. The Hall–Kier alpha value is -0.950. The number of hydrogen-bond acceptors (Lipinski definition) is 3. The Bertz CT molecular complexity index is 560. The van der Waals surface area contributed by atoms with Crippen molar-refractivity contribution in [1.29, 1.82) is 0 Å². The quantitative estimate of drug-likeness (QED) is 0.858. The highest BCUT2D eigenvalue weighted by Crippen LogP contribution is 2.21. The van der Waals surface area contributed by atoms with Crippen molar-refractivity contribution in [3.8, 4) is 5.69 Å². The van der Waals surface area contributed by atoms with Crippen LogP contribution in [0.3, 0.4) is 0 Å². The van der Waals surface area contributed by atoms with E-state index in [1.165, 1.54) is 18.4 Å². The molecule has 1 aliphatic rings. The second-order valence-electron chi connectivity index (χ2n) is 4.71. The van der Waals surface area contributed by atoms with Crippen LogP contribution in [-0.2, 0) is 6.54 Å². The first-order valence-electron chi connectivity index (χ1n) is 6.12. The van der Waals surface area contributed by atoms with Gasteiger partial charge in [0, 0.05) is 36.2 Å². The maximum atomic E-state index is 4.39. The number of nitrogens with one attached hydrogen (secondary N) is 1. The first-order chi connectivity index (χ1) is 8.72. The van der Waals surface area contributed by atoms with E-state index in [1.54, 1.807) is 0 Å². The van der Waals surface area contributed by atoms with Gasteiger partial charge in [-0.25, -0.2) is 4.68 Å². The maximum Gasteiger partial charge on any atom is 0.0724 e. The Kier molecular flexibility index (Phi) is 3.34. The summed E-state index contributed by atoms with van der Waals surface area (Å²) in [5, 5.41) is 7.91. The molecule has 18 heavy (non-hydrogen) atoms. The largest absolute Gasteiger partial charge is 0.310 e. The Labute approximate surface area is 120 Å². The zero-order valence-corrected chi connectivity index (χ0v) is 12.4. The van der Waals surface area contributed by atoms with Gasteiger partial charge in [-0.15, -0.1) is 0 Å². The Morgan fingerprint density at radius 3 is 2.94 bits per heavy atom. The van der Waals surface area contributed by atoms with Crippen LogP contribution in [0, 0.1) is 10.5 Å². The molecule has 2 heterocycles. The Morgan fingerprint density at radius 1 is 1.44 bits per heavy atom. The lowest BCUT2D eigenvalue weighted by Gasteiger charge is -2.10. The minimum Gasteiger partial charge on any atom is -0.310 e. The van der Waals surface area contributed by atoms with Crippen molar-refractivity contribution in [1.82, 2.24) is 20.1 Å². The fourth-order valence-electron chi connectivity index (χ4n) is 1.90. The highest BCUT2D eigenvalue weighted by Gasteiger charge is 2.20. The van der Waals surface area contributed by atoms with Crippen LogP contribution >= 0.6 is 22.6 Å². The fourth-order valence-corrected chi connectivity index (χ4v) is 2.29. The molecule has 0 aromatic carbocycles. The molecule has 2 aromatic rings. The topological polar surface area (TPSA) is 42.7 Å². The SMILES string of the molecule is Cc1cc(-n2cc(I)cn2)c(CNC2CC2)cn1. The van der Waals surface area contributed by atoms with E-state index in [0.717, 1.165) is 21.5 Å². The smallest absolute Gasteiger partial charge is 0.0724 e. The van der Waals surface area contributed by atoms with E-state index in [0.29, 0.717) is 6.04 Å². The summed E-state index contributed by atoms with van der Waals surface area (Å²) in [4.78, 5) is 4.39. The molecule has 0 saturated heterocycles. The van der Waals surface area contributed by atoms with Gasteiger partial charge in [0.2, 0.25) is 0 Å². The van der Waals surface area contributed by atoms with E-state index in [4.69, 9.17) is 0 Å². The second-order valence-corrected chi connectivity index (χ2v) is 5.96. The second kappa shape index (κ2) is 4.97. The van der Waals surface area contributed by atoms with Gasteiger partial charge < -0.3 is 5.32 Å². The molecule has 1 fully saturated rings. The number of aryl methyl sites for hydroxylation is 1. The molecule has 2 aromatic heterocycles. The number of nitrogens with zero attached hydrogens (tertiary/aromatic N) is 3. The molecule has 4 nitrogen and oxygen atoms in total. The van der Waals surface area contributed by atoms with Crippen molar-refractivity contribution in [3.63, 3.8) is 0 Å². The first kappa shape index (κ1) is 12.1. The highest BCUT2D eigenvalue weighted by molar-refractivity contribution is 14.1. The molecule has 0 radical (unpaired) electrons. The van der Waals surface area contributed by atoms with Gasteiger partial charge in [0.15, 0.2) is 0 Å². The lowest BCUT2D eigenvalue weighted by atomic mass is 10.2. The van der Waals surface area contributed by atoms with Crippen molar-refractivity contribution >= 4 is 22.6 Å². The van der Waals surface area contributed by atoms with Crippen molar-refractivity contribution in [2.24, 2.45) is 0 Å². The molecule has 94 valence electrons. The molecule has 1 N–H and O–H groups in total. The van der Waals surface area contributed by atoms with Crippen LogP contribution < -0.4 is 5.32 Å². The Morgan fingerprint density at radius 2 is 2.28 bits per heavy atom. The minimum atomic E-state index is 0.705. The Balaban J connectivity index is 1.91. The number of aromatic nitrogens is 3. The summed E-state index contributed by atoms with van der Waals surface area (Å²) in [6.45, 7) is 2.87. The third-order valence-electron chi connectivity index (χ3n) is 3.06. The predicted octanol–water partition coefficient (Wildman–Crippen LogP) is 2.43. The van der Waals surface area contributed by atoms with Gasteiger partial charge in [0.1, 0.15) is 0 Å². The number of rotatable bonds is 4. The van der Waals surface area contributed by atoms with E-state index < -0.39 is 0 Å². The number of halogens is 1. The molecule has 1 aliphatic carbocycles. The van der Waals surface area contributed by atoms with Crippen molar-refractivity contribution in [2.45, 2.75) is 32.4 Å². The zero-order chi connectivity index (χ0) is 12.5. The van der Waals surface area contributed by atoms with Crippen LogP contribution in [0.15, 0.2) is 24.7 Å². The lowest BCUT2D eigenvalue weighted by Crippen LogP contribution is -2.17.